The van der Waals surface area contributed by atoms with Crippen LogP contribution in [-0.4, -0.2) is 70.0 Å². The Morgan fingerprint density at radius 2 is 0.938 bits per heavy atom. The second kappa shape index (κ2) is 32.0. The summed E-state index contributed by atoms with van der Waals surface area (Å²) in [4.78, 5) is 36.8. The van der Waals surface area contributed by atoms with E-state index in [4.69, 9.17) is 18.5 Å². The minimum atomic E-state index is -4.60. The van der Waals surface area contributed by atoms with E-state index in [9.17, 15) is 19.0 Å². The van der Waals surface area contributed by atoms with E-state index in [1.165, 1.54) is 116 Å². The second-order valence-electron chi connectivity index (χ2n) is 14.7. The zero-order valence-electron chi connectivity index (χ0n) is 32.0. The molecule has 0 rings (SSSR count). The van der Waals surface area contributed by atoms with Gasteiger partial charge in [0.1, 0.15) is 19.8 Å². The monoisotopic (exact) mass is 706 g/mol. The molecule has 0 aromatic rings. The Hall–Kier alpha value is -0.990. The molecule has 0 aliphatic heterocycles. The molecule has 0 spiro atoms. The Balaban J connectivity index is 4.02. The van der Waals surface area contributed by atoms with E-state index >= 15 is 0 Å². The molecule has 10 heteroatoms. The van der Waals surface area contributed by atoms with Gasteiger partial charge in [-0.2, -0.15) is 0 Å². The molecule has 2 atom stereocenters. The van der Waals surface area contributed by atoms with E-state index in [2.05, 4.69) is 6.92 Å². The van der Waals surface area contributed by atoms with Crippen molar-refractivity contribution in [2.24, 2.45) is 0 Å². The molecule has 0 fully saturated rings. The van der Waals surface area contributed by atoms with Crippen LogP contribution in [0.3, 0.4) is 0 Å². The molecular formula is C38H76NO8P. The van der Waals surface area contributed by atoms with Crippen LogP contribution in [0.4, 0.5) is 0 Å². The van der Waals surface area contributed by atoms with Gasteiger partial charge in [0, 0.05) is 12.8 Å². The zero-order valence-corrected chi connectivity index (χ0v) is 32.8. The highest BCUT2D eigenvalue weighted by Crippen LogP contribution is 2.38. The third kappa shape index (κ3) is 34.9. The summed E-state index contributed by atoms with van der Waals surface area (Å²) < 4.78 is 33.4. The van der Waals surface area contributed by atoms with E-state index in [-0.39, 0.29) is 26.1 Å². The van der Waals surface area contributed by atoms with E-state index in [0.717, 1.165) is 25.7 Å². The van der Waals surface area contributed by atoms with Crippen molar-refractivity contribution in [2.45, 2.75) is 187 Å². The van der Waals surface area contributed by atoms with Gasteiger partial charge in [0.05, 0.1) is 27.7 Å². The Kier molecular flexibility index (Phi) is 31.3. The van der Waals surface area contributed by atoms with Crippen LogP contribution in [-0.2, 0) is 32.7 Å². The Morgan fingerprint density at radius 1 is 0.562 bits per heavy atom. The Bertz CT molecular complexity index is 804. The van der Waals surface area contributed by atoms with Crippen molar-refractivity contribution in [1.82, 2.24) is 0 Å². The topological polar surface area (TPSA) is 111 Å². The number of esters is 2. The van der Waals surface area contributed by atoms with E-state index in [1.807, 2.05) is 28.1 Å². The highest BCUT2D eigenvalue weighted by atomic mass is 31.2. The molecular weight excluding hydrogens is 629 g/mol. The Labute approximate surface area is 295 Å². The Morgan fingerprint density at radius 3 is 1.38 bits per heavy atom. The van der Waals surface area contributed by atoms with Crippen molar-refractivity contribution in [3.05, 3.63) is 0 Å². The average Bonchev–Trinajstić information content (AvgIpc) is 3.02. The number of unbranched alkanes of at least 4 members (excludes halogenated alkanes) is 22. The van der Waals surface area contributed by atoms with E-state index < -0.39 is 32.5 Å². The molecule has 2 unspecified atom stereocenters. The molecule has 0 heterocycles. The fourth-order valence-electron chi connectivity index (χ4n) is 5.48. The summed E-state index contributed by atoms with van der Waals surface area (Å²) in [5.74, 6) is -0.853. The molecule has 286 valence electrons. The number of nitrogens with zero attached hydrogens (tertiary/aromatic N) is 1. The summed E-state index contributed by atoms with van der Waals surface area (Å²) in [6.07, 6.45) is 29.4. The third-order valence-electron chi connectivity index (χ3n) is 8.63. The van der Waals surface area contributed by atoms with E-state index in [1.54, 1.807) is 0 Å². The highest BCUT2D eigenvalue weighted by Gasteiger charge is 2.21. The number of hydrogen-bond acceptors (Lipinski definition) is 8. The molecule has 0 saturated heterocycles. The first kappa shape index (κ1) is 47.0. The van der Waals surface area contributed by atoms with Gasteiger partial charge in [-0.15, -0.1) is 0 Å². The van der Waals surface area contributed by atoms with Gasteiger partial charge in [-0.25, -0.2) is 0 Å². The number of rotatable bonds is 36. The van der Waals surface area contributed by atoms with E-state index in [0.29, 0.717) is 23.9 Å². The molecule has 0 N–H and O–H groups in total. The second-order valence-corrected chi connectivity index (χ2v) is 16.1. The fourth-order valence-corrected chi connectivity index (χ4v) is 6.21. The van der Waals surface area contributed by atoms with Crippen molar-refractivity contribution in [3.8, 4) is 0 Å². The lowest BCUT2D eigenvalue weighted by Gasteiger charge is -2.28. The van der Waals surface area contributed by atoms with Crippen LogP contribution in [0.5, 0.6) is 0 Å². The molecule has 0 aromatic carbocycles. The lowest BCUT2D eigenvalue weighted by molar-refractivity contribution is -0.870. The van der Waals surface area contributed by atoms with Gasteiger partial charge in [-0.3, -0.25) is 14.2 Å². The number of carbonyl (C=O) groups excluding carboxylic acids is 2. The van der Waals surface area contributed by atoms with Crippen LogP contribution in [0.25, 0.3) is 0 Å². The molecule has 0 aliphatic rings. The molecule has 0 saturated carbocycles. The maximum atomic E-state index is 12.5. The number of likely N-dealkylation sites (N-methyl/N-ethyl adjacent to an activating group) is 1. The predicted molar refractivity (Wildman–Crippen MR) is 195 cm³/mol. The van der Waals surface area contributed by atoms with Crippen molar-refractivity contribution < 1.29 is 42.1 Å². The van der Waals surface area contributed by atoms with Gasteiger partial charge in [-0.05, 0) is 12.8 Å². The number of phosphoric ester groups is 1. The third-order valence-corrected chi connectivity index (χ3v) is 9.59. The predicted octanol–water partition coefficient (Wildman–Crippen LogP) is 9.83. The van der Waals surface area contributed by atoms with Gasteiger partial charge in [-0.1, -0.05) is 155 Å². The highest BCUT2D eigenvalue weighted by molar-refractivity contribution is 7.45. The number of hydrogen-bond donors (Lipinski definition) is 0. The molecule has 0 aromatic heterocycles. The van der Waals surface area contributed by atoms with Gasteiger partial charge < -0.3 is 27.9 Å². The standard InChI is InChI=1S/C38H76NO8P/c1-6-8-10-11-12-13-14-15-16-17-18-19-20-21-22-23-24-25-26-27-29-31-38(41)47-36(34-44-37(40)30-28-9-7-2)35-46-48(42,43)45-33-32-39(3,4)5/h36H,6-35H2,1-5H3. The van der Waals surface area contributed by atoms with Crippen molar-refractivity contribution in [2.75, 3.05) is 47.5 Å². The van der Waals surface area contributed by atoms with Crippen LogP contribution >= 0.6 is 7.82 Å². The van der Waals surface area contributed by atoms with Crippen molar-refractivity contribution >= 4 is 19.8 Å². The molecule has 48 heavy (non-hydrogen) atoms. The van der Waals surface area contributed by atoms with Crippen LogP contribution in [0, 0.1) is 0 Å². The van der Waals surface area contributed by atoms with Crippen LogP contribution in [0.1, 0.15) is 181 Å². The quantitative estimate of drug-likeness (QED) is 0.0274. The SMILES string of the molecule is CCCCCCCCCCCCCCCCCCCCCCCC(=O)OC(COC(=O)CCCCC)COP(=O)([O-])OCC[N+](C)(C)C. The summed E-state index contributed by atoms with van der Waals surface area (Å²) in [6.45, 7) is 4.06. The first-order valence-corrected chi connectivity index (χ1v) is 21.2. The minimum Gasteiger partial charge on any atom is -0.756 e. The number of phosphoric acid groups is 1. The molecule has 0 aliphatic carbocycles. The number of quaternary nitrogens is 1. The smallest absolute Gasteiger partial charge is 0.306 e. The first-order valence-electron chi connectivity index (χ1n) is 19.7. The summed E-state index contributed by atoms with van der Waals surface area (Å²) in [5, 5.41) is 0. The zero-order chi connectivity index (χ0) is 35.8. The molecule has 0 bridgehead atoms. The van der Waals surface area contributed by atoms with Crippen molar-refractivity contribution in [1.29, 1.82) is 0 Å². The maximum absolute atomic E-state index is 12.5. The van der Waals surface area contributed by atoms with Crippen LogP contribution in [0.2, 0.25) is 0 Å². The van der Waals surface area contributed by atoms with Crippen molar-refractivity contribution in [3.63, 3.8) is 0 Å². The molecule has 9 nitrogen and oxygen atoms in total. The summed E-state index contributed by atoms with van der Waals surface area (Å²) in [7, 11) is 1.17. The maximum Gasteiger partial charge on any atom is 0.306 e. The lowest BCUT2D eigenvalue weighted by atomic mass is 10.0. The summed E-state index contributed by atoms with van der Waals surface area (Å²) >= 11 is 0. The largest absolute Gasteiger partial charge is 0.756 e. The number of carbonyl (C=O) groups is 2. The number of ether oxygens (including phenoxy) is 2. The molecule has 0 amide bonds. The molecule has 0 radical (unpaired) electrons. The van der Waals surface area contributed by atoms with Crippen LogP contribution in [0.15, 0.2) is 0 Å². The van der Waals surface area contributed by atoms with Gasteiger partial charge in [0.25, 0.3) is 7.82 Å². The van der Waals surface area contributed by atoms with Gasteiger partial charge >= 0.3 is 11.9 Å². The summed E-state index contributed by atoms with van der Waals surface area (Å²) in [5.41, 5.74) is 0. The summed E-state index contributed by atoms with van der Waals surface area (Å²) in [6, 6.07) is 0. The van der Waals surface area contributed by atoms with Crippen LogP contribution < -0.4 is 4.89 Å². The van der Waals surface area contributed by atoms with Gasteiger partial charge in [0.15, 0.2) is 6.10 Å². The average molecular weight is 706 g/mol. The fraction of sp³-hybridized carbons (Fsp3) is 0.947. The van der Waals surface area contributed by atoms with Gasteiger partial charge in [0.2, 0.25) is 0 Å². The first-order chi connectivity index (χ1) is 23.0. The minimum absolute atomic E-state index is 0.0272. The lowest BCUT2D eigenvalue weighted by Crippen LogP contribution is -2.37. The normalized spacial score (nSPS) is 13.7.